The lowest BCUT2D eigenvalue weighted by molar-refractivity contribution is -0.0989. The van der Waals surface area contributed by atoms with Crippen molar-refractivity contribution in [3.63, 3.8) is 0 Å². The molecule has 0 saturated heterocycles. The molecule has 1 rings (SSSR count). The number of methoxy groups -OCH3 is 3. The highest BCUT2D eigenvalue weighted by atomic mass is 16.7. The molecule has 0 atom stereocenters. The maximum atomic E-state index is 5.22. The van der Waals surface area contributed by atoms with Gasteiger partial charge in [0, 0.05) is 27.3 Å². The fraction of sp³-hybridized carbons (Fsp3) is 0.538. The Morgan fingerprint density at radius 1 is 1.18 bits per heavy atom. The van der Waals surface area contributed by atoms with Gasteiger partial charge in [-0.05, 0) is 24.1 Å². The van der Waals surface area contributed by atoms with Crippen LogP contribution in [0.4, 0.5) is 0 Å². The van der Waals surface area contributed by atoms with Crippen molar-refractivity contribution < 1.29 is 14.2 Å². The van der Waals surface area contributed by atoms with Gasteiger partial charge in [-0.2, -0.15) is 0 Å². The van der Waals surface area contributed by atoms with Crippen LogP contribution < -0.4 is 10.1 Å². The monoisotopic (exact) mass is 239 g/mol. The van der Waals surface area contributed by atoms with Crippen LogP contribution in [-0.2, 0) is 16.0 Å². The second kappa shape index (κ2) is 7.27. The Hall–Kier alpha value is -1.10. The average molecular weight is 239 g/mol. The fourth-order valence-electron chi connectivity index (χ4n) is 1.65. The molecule has 96 valence electrons. The molecule has 17 heavy (non-hydrogen) atoms. The number of hydrogen-bond acceptors (Lipinski definition) is 4. The van der Waals surface area contributed by atoms with Crippen molar-refractivity contribution in [2.24, 2.45) is 0 Å². The van der Waals surface area contributed by atoms with Crippen molar-refractivity contribution >= 4 is 0 Å². The molecule has 1 aromatic rings. The van der Waals surface area contributed by atoms with E-state index in [0.29, 0.717) is 6.54 Å². The van der Waals surface area contributed by atoms with Gasteiger partial charge in [-0.1, -0.05) is 12.1 Å². The van der Waals surface area contributed by atoms with Gasteiger partial charge in [0.25, 0.3) is 0 Å². The number of benzene rings is 1. The number of ether oxygens (including phenoxy) is 3. The van der Waals surface area contributed by atoms with E-state index in [4.69, 9.17) is 14.2 Å². The van der Waals surface area contributed by atoms with Crippen LogP contribution in [0.2, 0.25) is 0 Å². The van der Waals surface area contributed by atoms with Crippen molar-refractivity contribution in [2.75, 3.05) is 27.9 Å². The number of nitrogens with one attached hydrogen (secondary N) is 1. The Morgan fingerprint density at radius 2 is 1.88 bits per heavy atom. The van der Waals surface area contributed by atoms with E-state index in [0.717, 1.165) is 17.9 Å². The molecule has 0 spiro atoms. The largest absolute Gasteiger partial charge is 0.496 e. The molecule has 0 fully saturated rings. The molecular formula is C13H21NO3. The summed E-state index contributed by atoms with van der Waals surface area (Å²) in [5.41, 5.74) is 2.36. The van der Waals surface area contributed by atoms with E-state index in [1.807, 2.05) is 19.1 Å². The normalized spacial score (nSPS) is 10.9. The van der Waals surface area contributed by atoms with Gasteiger partial charge in [-0.3, -0.25) is 0 Å². The van der Waals surface area contributed by atoms with Crippen molar-refractivity contribution in [3.8, 4) is 5.75 Å². The number of aryl methyl sites for hydroxylation is 1. The molecule has 0 unspecified atom stereocenters. The van der Waals surface area contributed by atoms with Crippen LogP contribution in [0.15, 0.2) is 18.2 Å². The predicted octanol–water partition coefficient (Wildman–Crippen LogP) is 1.71. The summed E-state index contributed by atoms with van der Waals surface area (Å²) in [6.45, 7) is 3.49. The van der Waals surface area contributed by atoms with E-state index >= 15 is 0 Å². The zero-order valence-electron chi connectivity index (χ0n) is 10.9. The molecule has 1 N–H and O–H groups in total. The van der Waals surface area contributed by atoms with Crippen LogP contribution in [-0.4, -0.2) is 34.2 Å². The molecular weight excluding hydrogens is 218 g/mol. The number of hydrogen-bond donors (Lipinski definition) is 1. The molecule has 0 aliphatic heterocycles. The molecule has 0 aliphatic rings. The molecule has 0 aliphatic carbocycles. The molecule has 0 saturated carbocycles. The maximum absolute atomic E-state index is 5.22. The predicted molar refractivity (Wildman–Crippen MR) is 67.2 cm³/mol. The van der Waals surface area contributed by atoms with Gasteiger partial charge in [0.05, 0.1) is 7.11 Å². The third-order valence-electron chi connectivity index (χ3n) is 2.63. The topological polar surface area (TPSA) is 39.7 Å². The molecule has 4 nitrogen and oxygen atoms in total. The van der Waals surface area contributed by atoms with Gasteiger partial charge in [0.1, 0.15) is 5.75 Å². The van der Waals surface area contributed by atoms with Crippen LogP contribution in [0.5, 0.6) is 5.75 Å². The Bertz CT molecular complexity index is 337. The average Bonchev–Trinajstić information content (AvgIpc) is 2.35. The van der Waals surface area contributed by atoms with Crippen molar-refractivity contribution in [1.82, 2.24) is 5.32 Å². The second-order valence-corrected chi connectivity index (χ2v) is 3.84. The fourth-order valence-corrected chi connectivity index (χ4v) is 1.65. The van der Waals surface area contributed by atoms with Crippen LogP contribution in [0, 0.1) is 6.92 Å². The highest BCUT2D eigenvalue weighted by Crippen LogP contribution is 2.18. The maximum Gasteiger partial charge on any atom is 0.169 e. The lowest BCUT2D eigenvalue weighted by Crippen LogP contribution is -2.29. The summed E-state index contributed by atoms with van der Waals surface area (Å²) < 4.78 is 15.4. The van der Waals surface area contributed by atoms with Crippen LogP contribution >= 0.6 is 0 Å². The molecule has 0 heterocycles. The minimum absolute atomic E-state index is 0.200. The van der Waals surface area contributed by atoms with Crippen LogP contribution in [0.3, 0.4) is 0 Å². The highest BCUT2D eigenvalue weighted by molar-refractivity contribution is 5.36. The Morgan fingerprint density at radius 3 is 2.41 bits per heavy atom. The minimum Gasteiger partial charge on any atom is -0.496 e. The van der Waals surface area contributed by atoms with Crippen molar-refractivity contribution in [3.05, 3.63) is 29.3 Å². The van der Waals surface area contributed by atoms with Crippen LogP contribution in [0.1, 0.15) is 11.1 Å². The van der Waals surface area contributed by atoms with Gasteiger partial charge in [0.15, 0.2) is 6.29 Å². The summed E-state index contributed by atoms with van der Waals surface area (Å²) in [6.07, 6.45) is -0.200. The zero-order valence-corrected chi connectivity index (χ0v) is 10.9. The standard InChI is InChI=1S/C13H21NO3/c1-10-7-11(5-6-12(10)15-2)8-14-9-13(16-3)17-4/h5-7,13-14H,8-9H2,1-4H3. The SMILES string of the molecule is COc1ccc(CNCC(OC)OC)cc1C. The summed E-state index contributed by atoms with van der Waals surface area (Å²) in [7, 11) is 4.95. The van der Waals surface area contributed by atoms with E-state index < -0.39 is 0 Å². The van der Waals surface area contributed by atoms with Crippen LogP contribution in [0.25, 0.3) is 0 Å². The number of rotatable bonds is 7. The lowest BCUT2D eigenvalue weighted by atomic mass is 10.1. The first-order chi connectivity index (χ1) is 8.21. The van der Waals surface area contributed by atoms with E-state index in [-0.39, 0.29) is 6.29 Å². The quantitative estimate of drug-likeness (QED) is 0.735. The zero-order chi connectivity index (χ0) is 12.7. The van der Waals surface area contributed by atoms with Gasteiger partial charge in [-0.15, -0.1) is 0 Å². The smallest absolute Gasteiger partial charge is 0.169 e. The Labute approximate surface area is 103 Å². The van der Waals surface area contributed by atoms with Crippen molar-refractivity contribution in [2.45, 2.75) is 19.8 Å². The summed E-state index contributed by atoms with van der Waals surface area (Å²) in [4.78, 5) is 0. The first-order valence-corrected chi connectivity index (χ1v) is 5.61. The van der Waals surface area contributed by atoms with E-state index in [1.54, 1.807) is 21.3 Å². The minimum atomic E-state index is -0.200. The summed E-state index contributed by atoms with van der Waals surface area (Å²) in [5.74, 6) is 0.917. The highest BCUT2D eigenvalue weighted by Gasteiger charge is 2.04. The Balaban J connectivity index is 2.44. The molecule has 0 radical (unpaired) electrons. The summed E-state index contributed by atoms with van der Waals surface area (Å²) >= 11 is 0. The van der Waals surface area contributed by atoms with E-state index in [1.165, 1.54) is 5.56 Å². The molecule has 0 bridgehead atoms. The third-order valence-corrected chi connectivity index (χ3v) is 2.63. The molecule has 0 amide bonds. The van der Waals surface area contributed by atoms with Gasteiger partial charge in [-0.25, -0.2) is 0 Å². The Kier molecular flexibility index (Phi) is 5.97. The van der Waals surface area contributed by atoms with E-state index in [9.17, 15) is 0 Å². The van der Waals surface area contributed by atoms with E-state index in [2.05, 4.69) is 11.4 Å². The molecule has 1 aromatic carbocycles. The van der Waals surface area contributed by atoms with Gasteiger partial charge < -0.3 is 19.5 Å². The second-order valence-electron chi connectivity index (χ2n) is 3.84. The summed E-state index contributed by atoms with van der Waals surface area (Å²) in [5, 5.41) is 3.28. The third kappa shape index (κ3) is 4.34. The first-order valence-electron chi connectivity index (χ1n) is 5.61. The lowest BCUT2D eigenvalue weighted by Gasteiger charge is -2.14. The molecule has 0 aromatic heterocycles. The molecule has 4 heteroatoms. The summed E-state index contributed by atoms with van der Waals surface area (Å²) in [6, 6.07) is 6.14. The first kappa shape index (κ1) is 14.0. The van der Waals surface area contributed by atoms with Gasteiger partial charge in [0.2, 0.25) is 0 Å². The van der Waals surface area contributed by atoms with Gasteiger partial charge >= 0.3 is 0 Å². The van der Waals surface area contributed by atoms with Crippen molar-refractivity contribution in [1.29, 1.82) is 0 Å².